The van der Waals surface area contributed by atoms with Gasteiger partial charge in [-0.15, -0.1) is 0 Å². The number of fused-ring (bicyclic) bond motifs is 6. The first-order valence-electron chi connectivity index (χ1n) is 36.7. The van der Waals surface area contributed by atoms with E-state index in [-0.39, 0.29) is 0 Å². The molecule has 0 N–H and O–H groups in total. The maximum Gasteiger partial charge on any atom is 0.159 e. The predicted octanol–water partition coefficient (Wildman–Crippen LogP) is 20.1. The van der Waals surface area contributed by atoms with Gasteiger partial charge in [0.1, 0.15) is 0 Å². The van der Waals surface area contributed by atoms with Gasteiger partial charge in [0.05, 0.1) is 12.2 Å². The SMILES string of the molecule is CC(C)(C)CC1CC2OC3CCC(C4CCCCC4)C[C@H]3B3C4CCC(C5C[C@H]6CCCC7C6[C@H](C5)C5CCC[C@@H]6CCCC7[C@H]56)C[C@H]4N(C4C(C5CCCCC5)CC(C5CCCCC5)C[C@H]4C4CCCCC4)C(C1)[C@H]32. The van der Waals surface area contributed by atoms with Gasteiger partial charge >= 0.3 is 0 Å². The average molecular weight is 1040 g/mol. The largest absolute Gasteiger partial charge is 0.376 e. The molecule has 0 aromatic heterocycles. The summed E-state index contributed by atoms with van der Waals surface area (Å²) in [5.41, 5.74) is 0.392. The van der Waals surface area contributed by atoms with Crippen LogP contribution in [0.4, 0.5) is 0 Å². The molecule has 15 fully saturated rings. The Hall–Kier alpha value is -0.0151. The van der Waals surface area contributed by atoms with E-state index in [9.17, 15) is 0 Å². The first-order valence-corrected chi connectivity index (χ1v) is 36.7. The van der Waals surface area contributed by atoms with Crippen LogP contribution in [0.15, 0.2) is 0 Å². The van der Waals surface area contributed by atoms with Crippen molar-refractivity contribution in [2.24, 2.45) is 118 Å². The Morgan fingerprint density at radius 2 is 0.842 bits per heavy atom. The van der Waals surface area contributed by atoms with Crippen molar-refractivity contribution < 1.29 is 4.74 Å². The fraction of sp³-hybridized carbons (Fsp3) is 1.00. The van der Waals surface area contributed by atoms with Crippen molar-refractivity contribution in [3.63, 3.8) is 0 Å². The van der Waals surface area contributed by atoms with Crippen molar-refractivity contribution >= 4 is 6.71 Å². The maximum absolute atomic E-state index is 8.06. The van der Waals surface area contributed by atoms with Crippen LogP contribution in [0.1, 0.15) is 290 Å². The highest BCUT2D eigenvalue weighted by molar-refractivity contribution is 6.65. The number of hydrogen-bond acceptors (Lipinski definition) is 2. The lowest BCUT2D eigenvalue weighted by atomic mass is 9.19. The Bertz CT molecular complexity index is 1890. The molecule has 0 radical (unpaired) electrons. The highest BCUT2D eigenvalue weighted by atomic mass is 16.5. The number of ether oxygens (including phenoxy) is 1. The molecule has 0 bridgehead atoms. The summed E-state index contributed by atoms with van der Waals surface area (Å²) >= 11 is 0. The fourth-order valence-corrected chi connectivity index (χ4v) is 28.1. The van der Waals surface area contributed by atoms with Gasteiger partial charge in [-0.1, -0.05) is 207 Å². The average Bonchev–Trinajstić information content (AvgIpc) is 3.66. The lowest BCUT2D eigenvalue weighted by molar-refractivity contribution is -0.158. The van der Waals surface area contributed by atoms with Crippen molar-refractivity contribution in [1.82, 2.24) is 4.90 Å². The Labute approximate surface area is 470 Å². The molecule has 15 aliphatic rings. The quantitative estimate of drug-likeness (QED) is 0.236. The minimum absolute atomic E-state index is 0.392. The Morgan fingerprint density at radius 1 is 0.342 bits per heavy atom. The summed E-state index contributed by atoms with van der Waals surface area (Å²) in [4.78, 5) is 3.82. The molecule has 2 heterocycles. The zero-order valence-corrected chi connectivity index (χ0v) is 50.2. The highest BCUT2D eigenvalue weighted by Gasteiger charge is 2.67. The van der Waals surface area contributed by atoms with Gasteiger partial charge in [0.2, 0.25) is 0 Å². The monoisotopic (exact) mass is 1040 g/mol. The lowest BCUT2D eigenvalue weighted by Crippen LogP contribution is -2.73. The van der Waals surface area contributed by atoms with E-state index in [2.05, 4.69) is 25.7 Å². The van der Waals surface area contributed by atoms with Crippen molar-refractivity contribution in [3.8, 4) is 0 Å². The van der Waals surface area contributed by atoms with Crippen LogP contribution in [-0.4, -0.2) is 41.9 Å². The second-order valence-corrected chi connectivity index (χ2v) is 34.5. The zero-order valence-electron chi connectivity index (χ0n) is 50.2. The Balaban J connectivity index is 0.837. The van der Waals surface area contributed by atoms with E-state index in [0.717, 1.165) is 155 Å². The van der Waals surface area contributed by atoms with Crippen LogP contribution < -0.4 is 0 Å². The Kier molecular flexibility index (Phi) is 15.4. The second kappa shape index (κ2) is 22.2. The summed E-state index contributed by atoms with van der Waals surface area (Å²) in [7, 11) is 0. The van der Waals surface area contributed by atoms with E-state index in [1.54, 1.807) is 199 Å². The fourth-order valence-electron chi connectivity index (χ4n) is 28.1. The van der Waals surface area contributed by atoms with Crippen molar-refractivity contribution in [2.45, 2.75) is 338 Å². The van der Waals surface area contributed by atoms with Crippen molar-refractivity contribution in [1.29, 1.82) is 0 Å². The summed E-state index contributed by atoms with van der Waals surface area (Å²) in [6, 6.07) is 2.52. The molecule has 15 rings (SSSR count). The van der Waals surface area contributed by atoms with Crippen LogP contribution in [0.5, 0.6) is 0 Å². The van der Waals surface area contributed by atoms with Gasteiger partial charge in [0.15, 0.2) is 6.71 Å². The minimum atomic E-state index is 0.392. The van der Waals surface area contributed by atoms with Gasteiger partial charge in [-0.3, -0.25) is 4.90 Å². The lowest BCUT2D eigenvalue weighted by Gasteiger charge is -2.69. The van der Waals surface area contributed by atoms with E-state index >= 15 is 0 Å². The maximum atomic E-state index is 8.06. The zero-order chi connectivity index (χ0) is 50.6. The van der Waals surface area contributed by atoms with Crippen LogP contribution in [0, 0.1) is 118 Å². The molecule has 2 nitrogen and oxygen atoms in total. The molecule has 0 aromatic carbocycles. The molecule has 426 valence electrons. The van der Waals surface area contributed by atoms with E-state index in [0.29, 0.717) is 17.6 Å². The van der Waals surface area contributed by atoms with E-state index < -0.39 is 0 Å². The van der Waals surface area contributed by atoms with Gasteiger partial charge < -0.3 is 4.74 Å². The van der Waals surface area contributed by atoms with Crippen LogP contribution in [-0.2, 0) is 4.74 Å². The van der Waals surface area contributed by atoms with Crippen LogP contribution in [0.2, 0.25) is 17.5 Å². The molecule has 0 aromatic rings. The predicted molar refractivity (Wildman–Crippen MR) is 319 cm³/mol. The van der Waals surface area contributed by atoms with E-state index in [4.69, 9.17) is 4.74 Å². The molecule has 0 amide bonds. The molecular formula is C73H120BNO. The Morgan fingerprint density at radius 3 is 1.46 bits per heavy atom. The molecule has 15 unspecified atom stereocenters. The molecule has 13 saturated carbocycles. The van der Waals surface area contributed by atoms with E-state index in [1.165, 1.54) is 70.6 Å². The first-order chi connectivity index (χ1) is 37.3. The van der Waals surface area contributed by atoms with Gasteiger partial charge in [-0.05, 0) is 219 Å². The van der Waals surface area contributed by atoms with Crippen LogP contribution in [0.3, 0.4) is 0 Å². The smallest absolute Gasteiger partial charge is 0.159 e. The molecular weight excluding hydrogens is 918 g/mol. The number of hydrogen-bond donors (Lipinski definition) is 0. The summed E-state index contributed by atoms with van der Waals surface area (Å²) in [6.45, 7) is 8.81. The third-order valence-corrected chi connectivity index (χ3v) is 30.1. The third-order valence-electron chi connectivity index (χ3n) is 30.1. The molecule has 13 aliphatic carbocycles. The molecule has 3 heteroatoms. The molecule has 2 aliphatic heterocycles. The first kappa shape index (κ1) is 52.8. The van der Waals surface area contributed by atoms with Crippen molar-refractivity contribution in [2.75, 3.05) is 0 Å². The van der Waals surface area contributed by atoms with Gasteiger partial charge in [0.25, 0.3) is 0 Å². The molecule has 0 spiro atoms. The summed E-state index contributed by atoms with van der Waals surface area (Å²) in [5.74, 6) is 22.5. The highest BCUT2D eigenvalue weighted by Crippen LogP contribution is 2.69. The minimum Gasteiger partial charge on any atom is -0.376 e. The van der Waals surface area contributed by atoms with Gasteiger partial charge in [-0.25, -0.2) is 0 Å². The summed E-state index contributed by atoms with van der Waals surface area (Å²) < 4.78 is 8.06. The number of nitrogens with zero attached hydrogens (tertiary/aromatic N) is 1. The molecule has 76 heavy (non-hydrogen) atoms. The standard InChI is InChI=1S/C73H120BNO/c1-73(2,3)45-46-37-66-71-68(38-46)76-67-36-34-52(47-19-8-4-9-20-47)43-64(67)74(71)63-35-33-53(55-39-54-29-18-31-58-57-30-16-27-51-28-17-32-59(69(51)57)62(42-55)70(54)58)44-65(63)75(66)72-60(49-23-12-6-13-24-49)40-56(48-21-10-5-11-22-48)41-61(72)50-25-14-7-15-26-50/h46-72H,4-45H2,1-3H3/t46?,51-,52?,53?,54+,55?,56?,57?,58?,59?,60-,61?,62+,63?,64+,65+,66?,67?,68?,69+,70?,71-,72?/m0/s1. The molecule has 2 saturated heterocycles. The number of rotatable bonds is 7. The normalized spacial score (nSPS) is 50.9. The topological polar surface area (TPSA) is 12.5 Å². The van der Waals surface area contributed by atoms with Crippen LogP contribution >= 0.6 is 0 Å². The second-order valence-electron chi connectivity index (χ2n) is 34.5. The van der Waals surface area contributed by atoms with E-state index in [1.807, 2.05) is 0 Å². The third kappa shape index (κ3) is 9.76. The van der Waals surface area contributed by atoms with Gasteiger partial charge in [-0.2, -0.15) is 0 Å². The van der Waals surface area contributed by atoms with Crippen molar-refractivity contribution in [3.05, 3.63) is 0 Å². The molecule has 23 atom stereocenters. The summed E-state index contributed by atoms with van der Waals surface area (Å²) in [6.07, 6.45) is 67.0. The van der Waals surface area contributed by atoms with Gasteiger partial charge in [0, 0.05) is 18.1 Å². The van der Waals surface area contributed by atoms with Crippen LogP contribution in [0.25, 0.3) is 0 Å². The summed E-state index contributed by atoms with van der Waals surface area (Å²) in [5, 5.41) is 0.